The highest BCUT2D eigenvalue weighted by Crippen LogP contribution is 2.35. The molecule has 0 aromatic carbocycles. The summed E-state index contributed by atoms with van der Waals surface area (Å²) in [6.45, 7) is 0. The second-order valence-corrected chi connectivity index (χ2v) is 3.02. The van der Waals surface area contributed by atoms with Crippen LogP contribution in [0, 0.1) is 11.8 Å². The lowest BCUT2D eigenvalue weighted by Crippen LogP contribution is -2.22. The Morgan fingerprint density at radius 1 is 1.00 bits per heavy atom. The highest BCUT2D eigenvalue weighted by Gasteiger charge is 2.43. The number of carbonyl (C=O) groups is 2. The van der Waals surface area contributed by atoms with Gasteiger partial charge in [0.1, 0.15) is 0 Å². The van der Waals surface area contributed by atoms with Crippen molar-refractivity contribution in [2.45, 2.75) is 19.3 Å². The molecule has 0 aromatic heterocycles. The van der Waals surface area contributed by atoms with Crippen LogP contribution in [0.1, 0.15) is 19.3 Å². The fraction of sp³-hybridized carbons (Fsp3) is 0.714. The molecule has 2 atom stereocenters. The Labute approximate surface area is 68.4 Å². The van der Waals surface area contributed by atoms with Gasteiger partial charge in [0.05, 0.1) is 11.8 Å². The third kappa shape index (κ3) is 1.06. The van der Waals surface area contributed by atoms with Gasteiger partial charge in [-0.2, -0.15) is 0 Å². The second-order valence-electron chi connectivity index (χ2n) is 3.02. The molecule has 2 aliphatic rings. The summed E-state index contributed by atoms with van der Waals surface area (Å²) in [6, 6.07) is 0. The Morgan fingerprint density at radius 3 is 2.00 bits per heavy atom. The van der Waals surface area contributed by atoms with Crippen molar-refractivity contribution in [2.24, 2.45) is 11.8 Å². The van der Waals surface area contributed by atoms with E-state index in [-0.39, 0.29) is 11.8 Å². The van der Waals surface area contributed by atoms with Gasteiger partial charge in [-0.3, -0.25) is 9.78 Å². The van der Waals surface area contributed by atoms with Crippen LogP contribution in [0.2, 0.25) is 0 Å². The van der Waals surface area contributed by atoms with Gasteiger partial charge < -0.3 is 0 Å². The minimum atomic E-state index is -0.497. The maximum atomic E-state index is 11.1. The Bertz CT molecular complexity index is 202. The van der Waals surface area contributed by atoms with E-state index in [1.807, 2.05) is 0 Å². The number of hydrogen-bond acceptors (Lipinski definition) is 5. The molecule has 1 aliphatic heterocycles. The number of fused-ring (bicyclic) bond motifs is 1. The standard InChI is InChI=1S/C7H8O5/c8-6-4-2-1-3-5(4)7(9)11-12-10-6/h4-5H,1-3H2. The molecular weight excluding hydrogens is 164 g/mol. The molecule has 1 saturated heterocycles. The summed E-state index contributed by atoms with van der Waals surface area (Å²) in [5, 5.41) is 3.96. The average Bonchev–Trinajstić information content (AvgIpc) is 2.47. The van der Waals surface area contributed by atoms with E-state index >= 15 is 0 Å². The molecule has 2 fully saturated rings. The third-order valence-electron chi connectivity index (χ3n) is 2.35. The van der Waals surface area contributed by atoms with Crippen molar-refractivity contribution in [3.05, 3.63) is 0 Å². The molecule has 2 unspecified atom stereocenters. The van der Waals surface area contributed by atoms with E-state index in [9.17, 15) is 9.59 Å². The summed E-state index contributed by atoms with van der Waals surface area (Å²) in [4.78, 5) is 30.5. The Morgan fingerprint density at radius 2 is 1.50 bits per heavy atom. The first-order valence-corrected chi connectivity index (χ1v) is 3.88. The molecule has 12 heavy (non-hydrogen) atoms. The first-order valence-electron chi connectivity index (χ1n) is 3.88. The van der Waals surface area contributed by atoms with Crippen molar-refractivity contribution >= 4 is 11.9 Å². The molecule has 0 spiro atoms. The van der Waals surface area contributed by atoms with Gasteiger partial charge in [0.25, 0.3) is 0 Å². The highest BCUT2D eigenvalue weighted by atomic mass is 17.5. The molecular formula is C7H8O5. The zero-order chi connectivity index (χ0) is 8.55. The molecule has 0 aromatic rings. The minimum absolute atomic E-state index is 0.361. The van der Waals surface area contributed by atoms with Gasteiger partial charge in [0, 0.05) is 5.04 Å². The Hall–Kier alpha value is -1.10. The zero-order valence-electron chi connectivity index (χ0n) is 6.32. The van der Waals surface area contributed by atoms with Gasteiger partial charge in [-0.15, -0.1) is 0 Å². The molecule has 1 aliphatic carbocycles. The van der Waals surface area contributed by atoms with Gasteiger partial charge in [-0.25, -0.2) is 9.59 Å². The number of carbonyl (C=O) groups excluding carboxylic acids is 2. The van der Waals surface area contributed by atoms with Gasteiger partial charge in [0.15, 0.2) is 0 Å². The van der Waals surface area contributed by atoms with Crippen LogP contribution >= 0.6 is 0 Å². The van der Waals surface area contributed by atoms with E-state index in [4.69, 9.17) is 0 Å². The van der Waals surface area contributed by atoms with Crippen molar-refractivity contribution < 1.29 is 24.4 Å². The summed E-state index contributed by atoms with van der Waals surface area (Å²) in [5.74, 6) is -1.72. The second kappa shape index (κ2) is 2.75. The van der Waals surface area contributed by atoms with E-state index in [0.717, 1.165) is 6.42 Å². The van der Waals surface area contributed by atoms with Crippen LogP contribution in [0.15, 0.2) is 0 Å². The van der Waals surface area contributed by atoms with Crippen molar-refractivity contribution in [1.29, 1.82) is 0 Å². The predicted octanol–water partition coefficient (Wildman–Crippen LogP) is 0.349. The van der Waals surface area contributed by atoms with E-state index in [0.29, 0.717) is 12.8 Å². The van der Waals surface area contributed by atoms with Gasteiger partial charge in [0.2, 0.25) is 0 Å². The molecule has 5 heteroatoms. The van der Waals surface area contributed by atoms with Crippen LogP contribution in [0.4, 0.5) is 0 Å². The minimum Gasteiger partial charge on any atom is -0.259 e. The largest absolute Gasteiger partial charge is 0.350 e. The topological polar surface area (TPSA) is 61.8 Å². The Kier molecular flexibility index (Phi) is 1.73. The predicted molar refractivity (Wildman–Crippen MR) is 34.1 cm³/mol. The fourth-order valence-corrected chi connectivity index (χ4v) is 1.73. The van der Waals surface area contributed by atoms with E-state index in [1.54, 1.807) is 0 Å². The van der Waals surface area contributed by atoms with E-state index < -0.39 is 11.9 Å². The maximum absolute atomic E-state index is 11.1. The quantitative estimate of drug-likeness (QED) is 0.493. The molecule has 0 radical (unpaired) electrons. The van der Waals surface area contributed by atoms with Crippen LogP contribution in [0.5, 0.6) is 0 Å². The van der Waals surface area contributed by atoms with Crippen molar-refractivity contribution in [3.63, 3.8) is 0 Å². The van der Waals surface area contributed by atoms with Crippen LogP contribution in [-0.2, 0) is 24.4 Å². The third-order valence-corrected chi connectivity index (χ3v) is 2.35. The van der Waals surface area contributed by atoms with E-state index in [2.05, 4.69) is 14.8 Å². The summed E-state index contributed by atoms with van der Waals surface area (Å²) in [7, 11) is 0. The molecule has 66 valence electrons. The highest BCUT2D eigenvalue weighted by molar-refractivity contribution is 5.82. The number of rotatable bonds is 0. The first-order chi connectivity index (χ1) is 5.79. The van der Waals surface area contributed by atoms with Crippen LogP contribution in [0.3, 0.4) is 0 Å². The van der Waals surface area contributed by atoms with Crippen LogP contribution < -0.4 is 0 Å². The lowest BCUT2D eigenvalue weighted by Gasteiger charge is -2.06. The molecule has 0 bridgehead atoms. The van der Waals surface area contributed by atoms with Crippen molar-refractivity contribution in [1.82, 2.24) is 0 Å². The smallest absolute Gasteiger partial charge is 0.259 e. The lowest BCUT2D eigenvalue weighted by molar-refractivity contribution is -0.456. The monoisotopic (exact) mass is 172 g/mol. The maximum Gasteiger partial charge on any atom is 0.350 e. The van der Waals surface area contributed by atoms with E-state index in [1.165, 1.54) is 0 Å². The normalized spacial score (nSPS) is 35.0. The average molecular weight is 172 g/mol. The summed E-state index contributed by atoms with van der Waals surface area (Å²) in [5.41, 5.74) is 0. The molecule has 5 nitrogen and oxygen atoms in total. The SMILES string of the molecule is O=C1OOOC(=O)C2CCCC12. The van der Waals surface area contributed by atoms with Crippen LogP contribution in [0.25, 0.3) is 0 Å². The fourth-order valence-electron chi connectivity index (χ4n) is 1.73. The van der Waals surface area contributed by atoms with Gasteiger partial charge in [-0.1, -0.05) is 6.42 Å². The van der Waals surface area contributed by atoms with Gasteiger partial charge in [-0.05, 0) is 12.8 Å². The molecule has 1 saturated carbocycles. The Balaban J connectivity index is 2.20. The first kappa shape index (κ1) is 7.54. The van der Waals surface area contributed by atoms with Crippen LogP contribution in [-0.4, -0.2) is 11.9 Å². The zero-order valence-corrected chi connectivity index (χ0v) is 6.32. The van der Waals surface area contributed by atoms with Crippen molar-refractivity contribution in [2.75, 3.05) is 0 Å². The summed E-state index contributed by atoms with van der Waals surface area (Å²) in [6.07, 6.45) is 2.23. The summed E-state index contributed by atoms with van der Waals surface area (Å²) < 4.78 is 0. The molecule has 0 N–H and O–H groups in total. The lowest BCUT2D eigenvalue weighted by atomic mass is 9.97. The molecule has 0 amide bonds. The molecule has 2 rings (SSSR count). The number of hydrogen-bond donors (Lipinski definition) is 0. The summed E-state index contributed by atoms with van der Waals surface area (Å²) >= 11 is 0. The van der Waals surface area contributed by atoms with Gasteiger partial charge >= 0.3 is 11.9 Å². The van der Waals surface area contributed by atoms with Crippen molar-refractivity contribution in [3.8, 4) is 0 Å². The molecule has 1 heterocycles.